The van der Waals surface area contributed by atoms with Crippen LogP contribution in [0.1, 0.15) is 25.2 Å². The Labute approximate surface area is 185 Å². The van der Waals surface area contributed by atoms with Crippen LogP contribution in [0.2, 0.25) is 0 Å². The first-order valence-corrected chi connectivity index (χ1v) is 11.4. The van der Waals surface area contributed by atoms with E-state index in [2.05, 4.69) is 58.2 Å². The lowest BCUT2D eigenvalue weighted by molar-refractivity contribution is 0.793. The zero-order chi connectivity index (χ0) is 22.0. The van der Waals surface area contributed by atoms with Gasteiger partial charge in [0.2, 0.25) is 0 Å². The minimum atomic E-state index is -0.0642. The van der Waals surface area contributed by atoms with E-state index in [9.17, 15) is 4.79 Å². The average Bonchev–Trinajstić information content (AvgIpc) is 3.14. The zero-order valence-electron chi connectivity index (χ0n) is 18.2. The number of anilines is 1. The summed E-state index contributed by atoms with van der Waals surface area (Å²) in [6, 6.07) is 15.7. The van der Waals surface area contributed by atoms with Crippen molar-refractivity contribution >= 4 is 23.1 Å². The van der Waals surface area contributed by atoms with E-state index >= 15 is 0 Å². The van der Waals surface area contributed by atoms with E-state index in [0.717, 1.165) is 41.0 Å². The molecule has 0 radical (unpaired) electrons. The highest BCUT2D eigenvalue weighted by molar-refractivity contribution is 7.98. The number of fused-ring (bicyclic) bond motifs is 1. The topological polar surface area (TPSA) is 68.3 Å². The van der Waals surface area contributed by atoms with Crippen LogP contribution in [-0.4, -0.2) is 37.2 Å². The molecule has 0 saturated carbocycles. The van der Waals surface area contributed by atoms with Gasteiger partial charge in [-0.1, -0.05) is 17.8 Å². The Hall–Kier alpha value is -3.13. The highest BCUT2D eigenvalue weighted by atomic mass is 32.2. The predicted molar refractivity (Wildman–Crippen MR) is 126 cm³/mol. The molecular weight excluding hydrogens is 408 g/mol. The van der Waals surface area contributed by atoms with Crippen LogP contribution in [0, 0.1) is 6.92 Å². The van der Waals surface area contributed by atoms with Crippen molar-refractivity contribution in [2.45, 2.75) is 31.7 Å². The van der Waals surface area contributed by atoms with E-state index in [1.165, 1.54) is 17.4 Å². The lowest BCUT2D eigenvalue weighted by Crippen LogP contribution is -2.21. The molecule has 0 bridgehead atoms. The van der Waals surface area contributed by atoms with Gasteiger partial charge in [-0.2, -0.15) is 0 Å². The maximum atomic E-state index is 12.5. The number of hydrogen-bond acceptors (Lipinski definition) is 6. The fraction of sp³-hybridized carbons (Fsp3) is 0.304. The molecule has 3 heterocycles. The van der Waals surface area contributed by atoms with Gasteiger partial charge < -0.3 is 9.47 Å². The number of hydrogen-bond donors (Lipinski definition) is 0. The van der Waals surface area contributed by atoms with Crippen LogP contribution in [0.4, 0.5) is 5.69 Å². The molecule has 0 saturated heterocycles. The first kappa shape index (κ1) is 21.1. The summed E-state index contributed by atoms with van der Waals surface area (Å²) in [5.74, 6) is 1.36. The van der Waals surface area contributed by atoms with Crippen molar-refractivity contribution in [3.8, 4) is 11.4 Å². The molecule has 31 heavy (non-hydrogen) atoms. The van der Waals surface area contributed by atoms with Gasteiger partial charge in [-0.05, 0) is 57.2 Å². The van der Waals surface area contributed by atoms with E-state index < -0.39 is 0 Å². The Bertz CT molecular complexity index is 1260. The second-order valence-electron chi connectivity index (χ2n) is 7.32. The standard InChI is InChI=1S/C23H26N6OS/c1-5-28(6-2)19-12-10-17(11-13-19)22-25-26-23(27(22)4)31-15-18-14-21(30)29-16(3)8-7-9-20(29)24-18/h7-14H,5-6,15H2,1-4H3. The van der Waals surface area contributed by atoms with Crippen molar-refractivity contribution in [2.75, 3.05) is 18.0 Å². The molecule has 4 rings (SSSR count). The van der Waals surface area contributed by atoms with Crippen LogP contribution in [0.15, 0.2) is 58.5 Å². The molecule has 0 atom stereocenters. The number of rotatable bonds is 7. The van der Waals surface area contributed by atoms with Gasteiger partial charge >= 0.3 is 0 Å². The Kier molecular flexibility index (Phi) is 6.08. The lowest BCUT2D eigenvalue weighted by Gasteiger charge is -2.21. The zero-order valence-corrected chi connectivity index (χ0v) is 19.1. The summed E-state index contributed by atoms with van der Waals surface area (Å²) in [6.45, 7) is 8.17. The Morgan fingerprint density at radius 2 is 1.77 bits per heavy atom. The summed E-state index contributed by atoms with van der Waals surface area (Å²) >= 11 is 1.52. The number of nitrogens with zero attached hydrogens (tertiary/aromatic N) is 6. The fourth-order valence-corrected chi connectivity index (χ4v) is 4.48. The third kappa shape index (κ3) is 4.20. The molecule has 0 spiro atoms. The molecule has 0 aliphatic rings. The van der Waals surface area contributed by atoms with Gasteiger partial charge in [0, 0.05) is 48.9 Å². The third-order valence-corrected chi connectivity index (χ3v) is 6.43. The Morgan fingerprint density at radius 1 is 1.03 bits per heavy atom. The number of benzene rings is 1. The first-order chi connectivity index (χ1) is 15.0. The first-order valence-electron chi connectivity index (χ1n) is 10.4. The Balaban J connectivity index is 1.53. The van der Waals surface area contributed by atoms with Crippen molar-refractivity contribution in [1.82, 2.24) is 24.1 Å². The summed E-state index contributed by atoms with van der Waals surface area (Å²) in [5, 5.41) is 9.52. The van der Waals surface area contributed by atoms with Crippen molar-refractivity contribution < 1.29 is 0 Å². The van der Waals surface area contributed by atoms with Crippen molar-refractivity contribution in [3.05, 3.63) is 70.3 Å². The maximum Gasteiger partial charge on any atom is 0.258 e. The molecule has 0 aliphatic heterocycles. The van der Waals surface area contributed by atoms with E-state index in [1.807, 2.05) is 36.7 Å². The van der Waals surface area contributed by atoms with E-state index in [1.54, 1.807) is 10.5 Å². The van der Waals surface area contributed by atoms with Gasteiger partial charge in [0.25, 0.3) is 5.56 Å². The van der Waals surface area contributed by atoms with Crippen molar-refractivity contribution in [1.29, 1.82) is 0 Å². The second-order valence-corrected chi connectivity index (χ2v) is 8.26. The summed E-state index contributed by atoms with van der Waals surface area (Å²) in [5.41, 5.74) is 4.43. The monoisotopic (exact) mass is 434 g/mol. The van der Waals surface area contributed by atoms with Gasteiger partial charge in [0.05, 0.1) is 5.69 Å². The van der Waals surface area contributed by atoms with Gasteiger partial charge in [0.15, 0.2) is 11.0 Å². The summed E-state index contributed by atoms with van der Waals surface area (Å²) in [4.78, 5) is 19.4. The number of aromatic nitrogens is 5. The molecule has 0 aliphatic carbocycles. The van der Waals surface area contributed by atoms with Crippen LogP contribution in [0.3, 0.4) is 0 Å². The molecule has 0 amide bonds. The quantitative estimate of drug-likeness (QED) is 0.411. The van der Waals surface area contributed by atoms with Crippen LogP contribution < -0.4 is 10.5 Å². The lowest BCUT2D eigenvalue weighted by atomic mass is 10.2. The molecule has 7 nitrogen and oxygen atoms in total. The second kappa shape index (κ2) is 8.93. The molecule has 8 heteroatoms. The number of thioether (sulfide) groups is 1. The van der Waals surface area contributed by atoms with Crippen LogP contribution in [0.25, 0.3) is 17.0 Å². The Morgan fingerprint density at radius 3 is 2.48 bits per heavy atom. The van der Waals surface area contributed by atoms with Gasteiger partial charge in [-0.15, -0.1) is 10.2 Å². The minimum absolute atomic E-state index is 0.0642. The molecule has 1 aromatic carbocycles. The van der Waals surface area contributed by atoms with Gasteiger partial charge in [-0.3, -0.25) is 9.20 Å². The minimum Gasteiger partial charge on any atom is -0.372 e. The maximum absolute atomic E-state index is 12.5. The summed E-state index contributed by atoms with van der Waals surface area (Å²) < 4.78 is 3.60. The summed E-state index contributed by atoms with van der Waals surface area (Å²) in [7, 11) is 1.96. The molecular formula is C23H26N6OS. The molecule has 160 valence electrons. The van der Waals surface area contributed by atoms with Crippen LogP contribution in [0.5, 0.6) is 0 Å². The number of pyridine rings is 1. The van der Waals surface area contributed by atoms with Crippen LogP contribution in [-0.2, 0) is 12.8 Å². The molecule has 3 aromatic heterocycles. The van der Waals surface area contributed by atoms with Crippen molar-refractivity contribution in [2.24, 2.45) is 7.05 Å². The molecule has 0 fully saturated rings. The van der Waals surface area contributed by atoms with Crippen molar-refractivity contribution in [3.63, 3.8) is 0 Å². The largest absolute Gasteiger partial charge is 0.372 e. The highest BCUT2D eigenvalue weighted by Crippen LogP contribution is 2.26. The summed E-state index contributed by atoms with van der Waals surface area (Å²) in [6.07, 6.45) is 0. The molecule has 0 unspecified atom stereocenters. The van der Waals surface area contributed by atoms with E-state index in [4.69, 9.17) is 0 Å². The normalized spacial score (nSPS) is 11.2. The SMILES string of the molecule is CCN(CC)c1ccc(-c2nnc(SCc3cc(=O)n4c(C)cccc4n3)n2C)cc1. The smallest absolute Gasteiger partial charge is 0.258 e. The molecule has 4 aromatic rings. The third-order valence-electron chi connectivity index (χ3n) is 5.37. The predicted octanol–water partition coefficient (Wildman–Crippen LogP) is 3.94. The number of aryl methyl sites for hydroxylation is 1. The average molecular weight is 435 g/mol. The van der Waals surface area contributed by atoms with Crippen LogP contribution >= 0.6 is 11.8 Å². The highest BCUT2D eigenvalue weighted by Gasteiger charge is 2.13. The van der Waals surface area contributed by atoms with Gasteiger partial charge in [-0.25, -0.2) is 4.98 Å². The van der Waals surface area contributed by atoms with E-state index in [-0.39, 0.29) is 5.56 Å². The fourth-order valence-electron chi connectivity index (χ4n) is 3.68. The molecule has 0 N–H and O–H groups in total. The van der Waals surface area contributed by atoms with E-state index in [0.29, 0.717) is 11.4 Å². The van der Waals surface area contributed by atoms with Gasteiger partial charge in [0.1, 0.15) is 5.65 Å².